The van der Waals surface area contributed by atoms with Crippen LogP contribution in [0.5, 0.6) is 0 Å². The van der Waals surface area contributed by atoms with E-state index in [0.717, 1.165) is 12.8 Å². The molecule has 17 heavy (non-hydrogen) atoms. The number of nitrogens with zero attached hydrogens (tertiary/aromatic N) is 2. The van der Waals surface area contributed by atoms with Gasteiger partial charge >= 0.3 is 0 Å². The monoisotopic (exact) mass is 235 g/mol. The molecule has 1 aromatic heterocycles. The largest absolute Gasteiger partial charge is 0.347 e. The molecule has 1 aliphatic rings. The van der Waals surface area contributed by atoms with Gasteiger partial charge in [-0.05, 0) is 26.0 Å². The second kappa shape index (κ2) is 5.27. The molecule has 0 radical (unpaired) electrons. The molecule has 0 aliphatic heterocycles. The van der Waals surface area contributed by atoms with E-state index in [2.05, 4.69) is 16.9 Å². The highest BCUT2D eigenvalue weighted by molar-refractivity contribution is 5.46. The molecule has 0 bridgehead atoms. The van der Waals surface area contributed by atoms with Crippen molar-refractivity contribution >= 4 is 5.82 Å². The SMILES string of the molecule is C=CCN(c1nccc(CNC)c1F)C1CC1. The third kappa shape index (κ3) is 2.64. The first-order valence-electron chi connectivity index (χ1n) is 5.93. The molecule has 1 heterocycles. The van der Waals surface area contributed by atoms with Crippen LogP contribution in [-0.4, -0.2) is 24.6 Å². The van der Waals surface area contributed by atoms with Crippen molar-refractivity contribution < 1.29 is 4.39 Å². The Kier molecular flexibility index (Phi) is 3.74. The first kappa shape index (κ1) is 12.0. The minimum atomic E-state index is -0.212. The molecule has 1 fully saturated rings. The standard InChI is InChI=1S/C13H18FN3/c1-3-8-17(11-4-5-11)13-12(14)10(9-15-2)6-7-16-13/h3,6-7,11,15H,1,4-5,8-9H2,2H3. The first-order valence-corrected chi connectivity index (χ1v) is 5.93. The van der Waals surface area contributed by atoms with E-state index in [4.69, 9.17) is 0 Å². The number of hydrogen-bond acceptors (Lipinski definition) is 3. The summed E-state index contributed by atoms with van der Waals surface area (Å²) in [5, 5.41) is 2.96. The molecule has 0 unspecified atom stereocenters. The Balaban J connectivity index is 2.28. The predicted octanol–water partition coefficient (Wildman–Crippen LogP) is 2.09. The van der Waals surface area contributed by atoms with E-state index in [0.29, 0.717) is 30.5 Å². The van der Waals surface area contributed by atoms with Crippen LogP contribution in [0, 0.1) is 5.82 Å². The topological polar surface area (TPSA) is 28.2 Å². The van der Waals surface area contributed by atoms with Crippen molar-refractivity contribution in [3.8, 4) is 0 Å². The molecule has 0 spiro atoms. The van der Waals surface area contributed by atoms with Crippen LogP contribution >= 0.6 is 0 Å². The highest BCUT2D eigenvalue weighted by Crippen LogP contribution is 2.32. The second-order valence-corrected chi connectivity index (χ2v) is 4.31. The van der Waals surface area contributed by atoms with Crippen LogP contribution in [0.3, 0.4) is 0 Å². The fourth-order valence-electron chi connectivity index (χ4n) is 1.93. The van der Waals surface area contributed by atoms with Crippen molar-refractivity contribution in [3.05, 3.63) is 36.3 Å². The van der Waals surface area contributed by atoms with Gasteiger partial charge in [-0.25, -0.2) is 9.37 Å². The predicted molar refractivity (Wildman–Crippen MR) is 67.5 cm³/mol. The van der Waals surface area contributed by atoms with Gasteiger partial charge in [-0.3, -0.25) is 0 Å². The Hall–Kier alpha value is -1.42. The molecule has 0 atom stereocenters. The molecule has 0 amide bonds. The maximum atomic E-state index is 14.2. The maximum Gasteiger partial charge on any atom is 0.170 e. The van der Waals surface area contributed by atoms with Crippen molar-refractivity contribution in [1.82, 2.24) is 10.3 Å². The molecule has 3 nitrogen and oxygen atoms in total. The van der Waals surface area contributed by atoms with Gasteiger partial charge in [0.1, 0.15) is 0 Å². The van der Waals surface area contributed by atoms with Crippen LogP contribution in [0.2, 0.25) is 0 Å². The van der Waals surface area contributed by atoms with Gasteiger partial charge in [0, 0.05) is 30.9 Å². The maximum absolute atomic E-state index is 14.2. The number of aromatic nitrogens is 1. The number of halogens is 1. The van der Waals surface area contributed by atoms with Gasteiger partial charge in [0.25, 0.3) is 0 Å². The smallest absolute Gasteiger partial charge is 0.170 e. The van der Waals surface area contributed by atoms with Gasteiger partial charge in [0.2, 0.25) is 0 Å². The molecule has 1 aliphatic carbocycles. The minimum absolute atomic E-state index is 0.212. The van der Waals surface area contributed by atoms with Gasteiger partial charge in [-0.15, -0.1) is 6.58 Å². The molecule has 2 rings (SSSR count). The zero-order valence-electron chi connectivity index (χ0n) is 10.1. The number of nitrogens with one attached hydrogen (secondary N) is 1. The first-order chi connectivity index (χ1) is 8.27. The lowest BCUT2D eigenvalue weighted by atomic mass is 10.2. The summed E-state index contributed by atoms with van der Waals surface area (Å²) in [6, 6.07) is 2.15. The molecule has 1 aromatic rings. The zero-order chi connectivity index (χ0) is 12.3. The number of pyridine rings is 1. The van der Waals surface area contributed by atoms with E-state index >= 15 is 0 Å². The van der Waals surface area contributed by atoms with Crippen LogP contribution in [0.4, 0.5) is 10.2 Å². The van der Waals surface area contributed by atoms with E-state index in [-0.39, 0.29) is 5.82 Å². The average Bonchev–Trinajstić information content (AvgIpc) is 3.14. The summed E-state index contributed by atoms with van der Waals surface area (Å²) in [4.78, 5) is 6.18. The highest BCUT2D eigenvalue weighted by Gasteiger charge is 2.31. The Morgan fingerprint density at radius 2 is 2.41 bits per heavy atom. The minimum Gasteiger partial charge on any atom is -0.347 e. The Labute approximate surface area is 101 Å². The molecule has 1 N–H and O–H groups in total. The lowest BCUT2D eigenvalue weighted by molar-refractivity contribution is 0.586. The van der Waals surface area contributed by atoms with Crippen LogP contribution in [0.25, 0.3) is 0 Å². The van der Waals surface area contributed by atoms with Gasteiger partial charge in [-0.1, -0.05) is 6.08 Å². The third-order valence-corrected chi connectivity index (χ3v) is 2.90. The fourth-order valence-corrected chi connectivity index (χ4v) is 1.93. The molecule has 0 saturated heterocycles. The zero-order valence-corrected chi connectivity index (χ0v) is 10.1. The van der Waals surface area contributed by atoms with Crippen LogP contribution in [0.15, 0.2) is 24.9 Å². The molecular weight excluding hydrogens is 217 g/mol. The van der Waals surface area contributed by atoms with E-state index in [1.807, 2.05) is 11.9 Å². The molecule has 0 aromatic carbocycles. The van der Waals surface area contributed by atoms with Crippen molar-refractivity contribution in [2.75, 3.05) is 18.5 Å². The summed E-state index contributed by atoms with van der Waals surface area (Å²) >= 11 is 0. The Morgan fingerprint density at radius 3 is 3.00 bits per heavy atom. The van der Waals surface area contributed by atoms with Gasteiger partial charge < -0.3 is 10.2 Å². The van der Waals surface area contributed by atoms with E-state index in [1.165, 1.54) is 0 Å². The summed E-state index contributed by atoms with van der Waals surface area (Å²) in [5.74, 6) is 0.246. The number of anilines is 1. The fraction of sp³-hybridized carbons (Fsp3) is 0.462. The summed E-state index contributed by atoms with van der Waals surface area (Å²) in [6.07, 6.45) is 5.70. The lowest BCUT2D eigenvalue weighted by Crippen LogP contribution is -2.28. The van der Waals surface area contributed by atoms with Crippen molar-refractivity contribution in [2.24, 2.45) is 0 Å². The van der Waals surface area contributed by atoms with E-state index in [1.54, 1.807) is 18.3 Å². The summed E-state index contributed by atoms with van der Waals surface area (Å²) in [7, 11) is 1.81. The van der Waals surface area contributed by atoms with Crippen molar-refractivity contribution in [2.45, 2.75) is 25.4 Å². The Morgan fingerprint density at radius 1 is 1.65 bits per heavy atom. The van der Waals surface area contributed by atoms with E-state index in [9.17, 15) is 4.39 Å². The molecule has 1 saturated carbocycles. The van der Waals surface area contributed by atoms with Crippen molar-refractivity contribution in [3.63, 3.8) is 0 Å². The number of hydrogen-bond donors (Lipinski definition) is 1. The third-order valence-electron chi connectivity index (χ3n) is 2.90. The highest BCUT2D eigenvalue weighted by atomic mass is 19.1. The number of rotatable bonds is 6. The van der Waals surface area contributed by atoms with Crippen LogP contribution in [0.1, 0.15) is 18.4 Å². The summed E-state index contributed by atoms with van der Waals surface area (Å²) < 4.78 is 14.2. The Bertz CT molecular complexity index is 402. The quantitative estimate of drug-likeness (QED) is 0.765. The lowest BCUT2D eigenvalue weighted by Gasteiger charge is -2.23. The van der Waals surface area contributed by atoms with Crippen LogP contribution in [-0.2, 0) is 6.54 Å². The van der Waals surface area contributed by atoms with Gasteiger partial charge in [0.05, 0.1) is 0 Å². The van der Waals surface area contributed by atoms with Crippen LogP contribution < -0.4 is 10.2 Å². The normalized spacial score (nSPS) is 14.7. The van der Waals surface area contributed by atoms with E-state index < -0.39 is 0 Å². The molecular formula is C13H18FN3. The average molecular weight is 235 g/mol. The summed E-state index contributed by atoms with van der Waals surface area (Å²) in [6.45, 7) is 4.89. The van der Waals surface area contributed by atoms with Gasteiger partial charge in [-0.2, -0.15) is 0 Å². The summed E-state index contributed by atoms with van der Waals surface area (Å²) in [5.41, 5.74) is 0.659. The molecule has 92 valence electrons. The molecule has 4 heteroatoms. The van der Waals surface area contributed by atoms with Crippen molar-refractivity contribution in [1.29, 1.82) is 0 Å². The van der Waals surface area contributed by atoms with Gasteiger partial charge in [0.15, 0.2) is 11.6 Å². The second-order valence-electron chi connectivity index (χ2n) is 4.31.